The van der Waals surface area contributed by atoms with E-state index in [1.807, 2.05) is 0 Å². The van der Waals surface area contributed by atoms with E-state index in [0.717, 1.165) is 25.4 Å². The summed E-state index contributed by atoms with van der Waals surface area (Å²) in [6.07, 6.45) is 3.27. The fourth-order valence-corrected chi connectivity index (χ4v) is 2.37. The molecule has 0 atom stereocenters. The Morgan fingerprint density at radius 2 is 2.06 bits per heavy atom. The number of fused-ring (bicyclic) bond motifs is 1. The van der Waals surface area contributed by atoms with Gasteiger partial charge in [-0.15, -0.1) is 11.6 Å². The summed E-state index contributed by atoms with van der Waals surface area (Å²) in [5.74, 6) is 0.736. The Kier molecular flexibility index (Phi) is 4.08. The Bertz CT molecular complexity index is 490. The van der Waals surface area contributed by atoms with E-state index in [4.69, 9.17) is 11.6 Å². The van der Waals surface area contributed by atoms with E-state index in [2.05, 4.69) is 54.0 Å². The van der Waals surface area contributed by atoms with Gasteiger partial charge in [0.1, 0.15) is 0 Å². The van der Waals surface area contributed by atoms with Crippen LogP contribution < -0.4 is 0 Å². The smallest absolute Gasteiger partial charge is 0.0481 e. The lowest BCUT2D eigenvalue weighted by atomic mass is 10.1. The van der Waals surface area contributed by atoms with Crippen molar-refractivity contribution in [2.75, 3.05) is 19.5 Å². The molecule has 1 heterocycles. The van der Waals surface area contributed by atoms with Crippen LogP contribution in [0, 0.1) is 0 Å². The number of hydrogen-bond acceptors (Lipinski definition) is 1. The molecule has 2 rings (SSSR count). The first-order valence-electron chi connectivity index (χ1n) is 6.00. The predicted molar refractivity (Wildman–Crippen MR) is 74.6 cm³/mol. The molecule has 0 aliphatic rings. The molecule has 2 nitrogen and oxygen atoms in total. The van der Waals surface area contributed by atoms with Gasteiger partial charge in [0.25, 0.3) is 0 Å². The van der Waals surface area contributed by atoms with Crippen molar-refractivity contribution in [3.63, 3.8) is 0 Å². The van der Waals surface area contributed by atoms with Crippen molar-refractivity contribution in [1.29, 1.82) is 0 Å². The van der Waals surface area contributed by atoms with Crippen molar-refractivity contribution < 1.29 is 0 Å². The Balaban J connectivity index is 2.18. The molecule has 92 valence electrons. The Labute approximate surface area is 108 Å². The van der Waals surface area contributed by atoms with Crippen molar-refractivity contribution in [1.82, 2.24) is 9.47 Å². The lowest BCUT2D eigenvalue weighted by Gasteiger charge is -2.15. The van der Waals surface area contributed by atoms with Gasteiger partial charge in [-0.25, -0.2) is 0 Å². The van der Waals surface area contributed by atoms with Gasteiger partial charge in [-0.3, -0.25) is 0 Å². The van der Waals surface area contributed by atoms with Crippen LogP contribution in [0.3, 0.4) is 0 Å². The molecule has 0 aliphatic carbocycles. The van der Waals surface area contributed by atoms with Crippen LogP contribution in [0.25, 0.3) is 10.9 Å². The normalized spacial score (nSPS) is 11.5. The summed E-state index contributed by atoms with van der Waals surface area (Å²) in [6.45, 7) is 2.03. The van der Waals surface area contributed by atoms with Crippen LogP contribution in [-0.4, -0.2) is 28.9 Å². The molecule has 17 heavy (non-hydrogen) atoms. The fraction of sp³-hybridized carbons (Fsp3) is 0.429. The number of nitrogens with zero attached hydrogens (tertiary/aromatic N) is 2. The first kappa shape index (κ1) is 12.5. The van der Waals surface area contributed by atoms with Crippen LogP contribution in [0.4, 0.5) is 0 Å². The third-order valence-electron chi connectivity index (χ3n) is 3.09. The standard InChI is InChI=1S/C14H19ClN2/c1-16(9-5-8-15)10-12-11-17(2)14-7-4-3-6-13(12)14/h3-4,6-7,11H,5,8-10H2,1-2H3. The van der Waals surface area contributed by atoms with Crippen LogP contribution in [0.5, 0.6) is 0 Å². The number of alkyl halides is 1. The second-order valence-corrected chi connectivity index (χ2v) is 4.94. The number of aryl methyl sites for hydroxylation is 1. The maximum atomic E-state index is 5.72. The summed E-state index contributed by atoms with van der Waals surface area (Å²) >= 11 is 5.72. The molecule has 0 saturated carbocycles. The van der Waals surface area contributed by atoms with E-state index in [1.165, 1.54) is 16.5 Å². The Hall–Kier alpha value is -0.990. The van der Waals surface area contributed by atoms with Gasteiger partial charge >= 0.3 is 0 Å². The molecule has 1 aromatic heterocycles. The van der Waals surface area contributed by atoms with Gasteiger partial charge in [-0.2, -0.15) is 0 Å². The average Bonchev–Trinajstić information content (AvgIpc) is 2.65. The lowest BCUT2D eigenvalue weighted by molar-refractivity contribution is 0.329. The van der Waals surface area contributed by atoms with Crippen molar-refractivity contribution in [3.8, 4) is 0 Å². The number of rotatable bonds is 5. The number of para-hydroxylation sites is 1. The summed E-state index contributed by atoms with van der Waals surface area (Å²) in [5, 5.41) is 1.35. The molecular weight excluding hydrogens is 232 g/mol. The first-order chi connectivity index (χ1) is 8.22. The maximum absolute atomic E-state index is 5.72. The van der Waals surface area contributed by atoms with Gasteiger partial charge in [-0.05, 0) is 31.6 Å². The Morgan fingerprint density at radius 3 is 2.82 bits per heavy atom. The Morgan fingerprint density at radius 1 is 1.29 bits per heavy atom. The minimum absolute atomic E-state index is 0.736. The van der Waals surface area contributed by atoms with Gasteiger partial charge < -0.3 is 9.47 Å². The van der Waals surface area contributed by atoms with E-state index in [-0.39, 0.29) is 0 Å². The molecule has 1 aromatic carbocycles. The summed E-state index contributed by atoms with van der Waals surface area (Å²) < 4.78 is 2.19. The second kappa shape index (κ2) is 5.56. The molecule has 0 amide bonds. The highest BCUT2D eigenvalue weighted by atomic mass is 35.5. The van der Waals surface area contributed by atoms with E-state index < -0.39 is 0 Å². The number of aromatic nitrogens is 1. The van der Waals surface area contributed by atoms with Gasteiger partial charge in [0.2, 0.25) is 0 Å². The van der Waals surface area contributed by atoms with E-state index >= 15 is 0 Å². The lowest BCUT2D eigenvalue weighted by Crippen LogP contribution is -2.19. The number of benzene rings is 1. The predicted octanol–water partition coefficient (Wildman–Crippen LogP) is 3.24. The molecule has 0 unspecified atom stereocenters. The highest BCUT2D eigenvalue weighted by Crippen LogP contribution is 2.21. The van der Waals surface area contributed by atoms with Crippen molar-refractivity contribution in [2.45, 2.75) is 13.0 Å². The summed E-state index contributed by atoms with van der Waals surface area (Å²) in [6, 6.07) is 8.55. The van der Waals surface area contributed by atoms with Crippen molar-refractivity contribution in [3.05, 3.63) is 36.0 Å². The molecule has 0 bridgehead atoms. The molecule has 0 aliphatic heterocycles. The number of hydrogen-bond donors (Lipinski definition) is 0. The van der Waals surface area contributed by atoms with Crippen molar-refractivity contribution >= 4 is 22.5 Å². The molecule has 2 aromatic rings. The zero-order chi connectivity index (χ0) is 12.3. The van der Waals surface area contributed by atoms with E-state index in [1.54, 1.807) is 0 Å². The summed E-state index contributed by atoms with van der Waals surface area (Å²) in [5.41, 5.74) is 2.69. The summed E-state index contributed by atoms with van der Waals surface area (Å²) in [4.78, 5) is 2.32. The molecule has 0 radical (unpaired) electrons. The number of halogens is 1. The van der Waals surface area contributed by atoms with Gasteiger partial charge in [0.05, 0.1) is 0 Å². The topological polar surface area (TPSA) is 8.17 Å². The van der Waals surface area contributed by atoms with E-state index in [9.17, 15) is 0 Å². The van der Waals surface area contributed by atoms with Gasteiger partial charge in [-0.1, -0.05) is 18.2 Å². The fourth-order valence-electron chi connectivity index (χ4n) is 2.25. The highest BCUT2D eigenvalue weighted by Gasteiger charge is 2.07. The van der Waals surface area contributed by atoms with Gasteiger partial charge in [0, 0.05) is 36.6 Å². The average molecular weight is 251 g/mol. The monoisotopic (exact) mass is 250 g/mol. The zero-order valence-corrected chi connectivity index (χ0v) is 11.2. The highest BCUT2D eigenvalue weighted by molar-refractivity contribution is 6.17. The zero-order valence-electron chi connectivity index (χ0n) is 10.5. The third-order valence-corrected chi connectivity index (χ3v) is 3.36. The quantitative estimate of drug-likeness (QED) is 0.740. The molecule has 0 N–H and O–H groups in total. The van der Waals surface area contributed by atoms with E-state index in [0.29, 0.717) is 0 Å². The molecule has 0 fully saturated rings. The minimum Gasteiger partial charge on any atom is -0.350 e. The molecule has 3 heteroatoms. The summed E-state index contributed by atoms with van der Waals surface area (Å²) in [7, 11) is 4.25. The van der Waals surface area contributed by atoms with Crippen LogP contribution in [0.2, 0.25) is 0 Å². The first-order valence-corrected chi connectivity index (χ1v) is 6.53. The second-order valence-electron chi connectivity index (χ2n) is 4.56. The maximum Gasteiger partial charge on any atom is 0.0481 e. The molecular formula is C14H19ClN2. The molecule has 0 spiro atoms. The van der Waals surface area contributed by atoms with Crippen LogP contribution >= 0.6 is 11.6 Å². The van der Waals surface area contributed by atoms with Gasteiger partial charge in [0.15, 0.2) is 0 Å². The SMILES string of the molecule is CN(CCCCl)Cc1cn(C)c2ccccc12. The van der Waals surface area contributed by atoms with Crippen molar-refractivity contribution in [2.24, 2.45) is 7.05 Å². The minimum atomic E-state index is 0.736. The third kappa shape index (κ3) is 2.82. The van der Waals surface area contributed by atoms with Crippen LogP contribution in [-0.2, 0) is 13.6 Å². The van der Waals surface area contributed by atoms with Crippen LogP contribution in [0.1, 0.15) is 12.0 Å². The van der Waals surface area contributed by atoms with Crippen LogP contribution in [0.15, 0.2) is 30.5 Å². The molecule has 0 saturated heterocycles. The largest absolute Gasteiger partial charge is 0.350 e.